The van der Waals surface area contributed by atoms with Crippen LogP contribution >= 0.6 is 0 Å². The standard InChI is InChI=1S/C69H135NO5/c1-3-5-7-9-11-13-15-17-19-20-21-25-28-31-34-37-41-45-49-53-57-61-67(72)66(65-71)70-68(73)62-58-54-50-46-42-38-35-32-29-26-23-22-24-27-30-33-36-40-44-48-52-56-60-64-75-69(74)63-59-55-51-47-43-39-18-16-14-12-10-8-6-4-2/h26,29,66-67,71-72H,3-25,27-28,30-65H2,1-2H3,(H,70,73)/b29-26-. The van der Waals surface area contributed by atoms with Crippen LogP contribution in [0.2, 0.25) is 0 Å². The molecular formula is C69H135NO5. The topological polar surface area (TPSA) is 95.9 Å². The van der Waals surface area contributed by atoms with E-state index in [1.54, 1.807) is 0 Å². The maximum Gasteiger partial charge on any atom is 0.305 e. The van der Waals surface area contributed by atoms with E-state index in [-0.39, 0.29) is 18.5 Å². The summed E-state index contributed by atoms with van der Waals surface area (Å²) in [6.45, 7) is 4.99. The van der Waals surface area contributed by atoms with E-state index in [9.17, 15) is 19.8 Å². The molecule has 0 fully saturated rings. The predicted molar refractivity (Wildman–Crippen MR) is 329 cm³/mol. The van der Waals surface area contributed by atoms with Gasteiger partial charge in [-0.15, -0.1) is 0 Å². The van der Waals surface area contributed by atoms with Crippen LogP contribution in [0.3, 0.4) is 0 Å². The Labute approximate surface area is 469 Å². The molecule has 0 aliphatic rings. The van der Waals surface area contributed by atoms with Crippen LogP contribution in [0.15, 0.2) is 12.2 Å². The van der Waals surface area contributed by atoms with Gasteiger partial charge < -0.3 is 20.3 Å². The van der Waals surface area contributed by atoms with Gasteiger partial charge in [0.2, 0.25) is 5.91 Å². The summed E-state index contributed by atoms with van der Waals surface area (Å²) in [6.07, 6.45) is 79.6. The Morgan fingerprint density at radius 1 is 0.360 bits per heavy atom. The number of hydrogen-bond donors (Lipinski definition) is 3. The Kier molecular flexibility index (Phi) is 63.9. The van der Waals surface area contributed by atoms with Crippen LogP contribution in [0.5, 0.6) is 0 Å². The van der Waals surface area contributed by atoms with Gasteiger partial charge >= 0.3 is 5.97 Å². The van der Waals surface area contributed by atoms with Crippen molar-refractivity contribution in [1.29, 1.82) is 0 Å². The van der Waals surface area contributed by atoms with Gasteiger partial charge in [0.05, 0.1) is 25.4 Å². The van der Waals surface area contributed by atoms with Gasteiger partial charge in [0.1, 0.15) is 0 Å². The van der Waals surface area contributed by atoms with E-state index < -0.39 is 12.1 Å². The third kappa shape index (κ3) is 61.7. The zero-order valence-corrected chi connectivity index (χ0v) is 51.1. The molecule has 2 unspecified atom stereocenters. The zero-order valence-electron chi connectivity index (χ0n) is 51.1. The highest BCUT2D eigenvalue weighted by molar-refractivity contribution is 5.76. The number of unbranched alkanes of at least 4 members (excludes halogenated alkanes) is 52. The highest BCUT2D eigenvalue weighted by atomic mass is 16.5. The lowest BCUT2D eigenvalue weighted by Gasteiger charge is -2.22. The predicted octanol–water partition coefficient (Wildman–Crippen LogP) is 22.0. The van der Waals surface area contributed by atoms with E-state index in [4.69, 9.17) is 4.74 Å². The Bertz CT molecular complexity index is 1130. The largest absolute Gasteiger partial charge is 0.466 e. The number of nitrogens with one attached hydrogen (secondary N) is 1. The number of amides is 1. The molecule has 446 valence electrons. The third-order valence-electron chi connectivity index (χ3n) is 16.3. The lowest BCUT2D eigenvalue weighted by atomic mass is 10.0. The molecule has 3 N–H and O–H groups in total. The summed E-state index contributed by atoms with van der Waals surface area (Å²) >= 11 is 0. The molecule has 6 heteroatoms. The second kappa shape index (κ2) is 65.1. The molecule has 0 heterocycles. The summed E-state index contributed by atoms with van der Waals surface area (Å²) in [6, 6.07) is -0.546. The molecule has 0 spiro atoms. The summed E-state index contributed by atoms with van der Waals surface area (Å²) < 4.78 is 5.49. The maximum atomic E-state index is 12.5. The van der Waals surface area contributed by atoms with Gasteiger partial charge in [0.15, 0.2) is 0 Å². The van der Waals surface area contributed by atoms with Gasteiger partial charge in [-0.25, -0.2) is 0 Å². The monoisotopic (exact) mass is 1060 g/mol. The molecule has 0 aliphatic carbocycles. The number of allylic oxidation sites excluding steroid dienone is 2. The van der Waals surface area contributed by atoms with Gasteiger partial charge in [-0.05, 0) is 51.4 Å². The first kappa shape index (κ1) is 73.6. The maximum absolute atomic E-state index is 12.5. The first-order valence-electron chi connectivity index (χ1n) is 34.4. The highest BCUT2D eigenvalue weighted by Gasteiger charge is 2.20. The van der Waals surface area contributed by atoms with Crippen molar-refractivity contribution in [3.63, 3.8) is 0 Å². The van der Waals surface area contributed by atoms with Crippen molar-refractivity contribution in [2.24, 2.45) is 0 Å². The second-order valence-corrected chi connectivity index (χ2v) is 23.9. The molecule has 0 saturated heterocycles. The first-order valence-corrected chi connectivity index (χ1v) is 34.4. The van der Waals surface area contributed by atoms with Gasteiger partial charge in [-0.3, -0.25) is 9.59 Å². The normalized spacial score (nSPS) is 12.5. The molecule has 2 atom stereocenters. The fraction of sp³-hybridized carbons (Fsp3) is 0.942. The van der Waals surface area contributed by atoms with Crippen molar-refractivity contribution >= 4 is 11.9 Å². The number of aliphatic hydroxyl groups is 2. The lowest BCUT2D eigenvalue weighted by Crippen LogP contribution is -2.45. The van der Waals surface area contributed by atoms with E-state index in [1.165, 1.54) is 321 Å². The third-order valence-corrected chi connectivity index (χ3v) is 16.3. The van der Waals surface area contributed by atoms with Crippen molar-refractivity contribution in [1.82, 2.24) is 5.32 Å². The smallest absolute Gasteiger partial charge is 0.305 e. The molecule has 0 aliphatic heterocycles. The van der Waals surface area contributed by atoms with Gasteiger partial charge in [-0.1, -0.05) is 341 Å². The SMILES string of the molecule is CCCCCCCCCCCCCCCCCCCCCCCC(O)C(CO)NC(=O)CCCCCCCCC/C=C\CCCCCCCCCCCCCCOC(=O)CCCCCCCCCCCCCCCC. The molecule has 0 rings (SSSR count). The van der Waals surface area contributed by atoms with Crippen LogP contribution in [0.1, 0.15) is 393 Å². The van der Waals surface area contributed by atoms with Crippen molar-refractivity contribution < 1.29 is 24.5 Å². The average molecular weight is 1060 g/mol. The fourth-order valence-electron chi connectivity index (χ4n) is 11.1. The van der Waals surface area contributed by atoms with Crippen molar-refractivity contribution in [3.8, 4) is 0 Å². The summed E-state index contributed by atoms with van der Waals surface area (Å²) in [5, 5.41) is 23.4. The van der Waals surface area contributed by atoms with Crippen molar-refractivity contribution in [2.75, 3.05) is 13.2 Å². The van der Waals surface area contributed by atoms with Crippen LogP contribution in [0, 0.1) is 0 Å². The van der Waals surface area contributed by atoms with Gasteiger partial charge in [0.25, 0.3) is 0 Å². The molecule has 0 aromatic carbocycles. The minimum Gasteiger partial charge on any atom is -0.466 e. The highest BCUT2D eigenvalue weighted by Crippen LogP contribution is 2.19. The van der Waals surface area contributed by atoms with E-state index in [1.807, 2.05) is 0 Å². The van der Waals surface area contributed by atoms with Crippen molar-refractivity contribution in [3.05, 3.63) is 12.2 Å². The fourth-order valence-corrected chi connectivity index (χ4v) is 11.1. The van der Waals surface area contributed by atoms with E-state index in [0.717, 1.165) is 38.5 Å². The number of carbonyl (C=O) groups excluding carboxylic acids is 2. The van der Waals surface area contributed by atoms with E-state index in [2.05, 4.69) is 31.3 Å². The number of carbonyl (C=O) groups is 2. The molecule has 0 saturated carbocycles. The molecule has 1 amide bonds. The Hall–Kier alpha value is -1.40. The van der Waals surface area contributed by atoms with Crippen LogP contribution < -0.4 is 5.32 Å². The summed E-state index contributed by atoms with van der Waals surface area (Å²) in [4.78, 5) is 24.6. The minimum atomic E-state index is -0.669. The number of esters is 1. The Balaban J connectivity index is 3.40. The Morgan fingerprint density at radius 3 is 0.947 bits per heavy atom. The molecule has 0 aromatic heterocycles. The minimum absolute atomic E-state index is 0.0149. The number of ether oxygens (including phenoxy) is 1. The summed E-state index contributed by atoms with van der Waals surface area (Å²) in [7, 11) is 0. The number of hydrogen-bond acceptors (Lipinski definition) is 5. The molecule has 75 heavy (non-hydrogen) atoms. The summed E-state index contributed by atoms with van der Waals surface area (Å²) in [5.74, 6) is -0.0218. The van der Waals surface area contributed by atoms with Crippen molar-refractivity contribution in [2.45, 2.75) is 405 Å². The molecule has 6 nitrogen and oxygen atoms in total. The zero-order chi connectivity index (χ0) is 54.3. The molecular weight excluding hydrogens is 923 g/mol. The van der Waals surface area contributed by atoms with Crippen LogP contribution in [-0.2, 0) is 14.3 Å². The average Bonchev–Trinajstić information content (AvgIpc) is 3.41. The van der Waals surface area contributed by atoms with Crippen LogP contribution in [0.4, 0.5) is 0 Å². The van der Waals surface area contributed by atoms with Crippen LogP contribution in [-0.4, -0.2) is 47.4 Å². The molecule has 0 bridgehead atoms. The quantitative estimate of drug-likeness (QED) is 0.0320. The first-order chi connectivity index (χ1) is 37.0. The number of rotatable bonds is 65. The van der Waals surface area contributed by atoms with Gasteiger partial charge in [-0.2, -0.15) is 0 Å². The Morgan fingerprint density at radius 2 is 0.627 bits per heavy atom. The summed E-state index contributed by atoms with van der Waals surface area (Å²) in [5.41, 5.74) is 0. The van der Waals surface area contributed by atoms with E-state index >= 15 is 0 Å². The lowest BCUT2D eigenvalue weighted by molar-refractivity contribution is -0.143. The molecule has 0 radical (unpaired) electrons. The van der Waals surface area contributed by atoms with Gasteiger partial charge in [0, 0.05) is 12.8 Å². The van der Waals surface area contributed by atoms with E-state index in [0.29, 0.717) is 25.9 Å². The second-order valence-electron chi connectivity index (χ2n) is 23.9. The number of aliphatic hydroxyl groups excluding tert-OH is 2. The van der Waals surface area contributed by atoms with Crippen LogP contribution in [0.25, 0.3) is 0 Å². The molecule has 0 aromatic rings.